The van der Waals surface area contributed by atoms with Gasteiger partial charge in [-0.2, -0.15) is 18.3 Å². The molecule has 3 fully saturated rings. The molecule has 1 aromatic carbocycles. The summed E-state index contributed by atoms with van der Waals surface area (Å²) < 4.78 is 32.4. The van der Waals surface area contributed by atoms with Crippen molar-refractivity contribution in [1.82, 2.24) is 10.5 Å². The van der Waals surface area contributed by atoms with Crippen molar-refractivity contribution < 1.29 is 22.8 Å². The molecule has 5 rings (SSSR count). The molecule has 3 unspecified atom stereocenters. The summed E-state index contributed by atoms with van der Waals surface area (Å²) in [5.41, 5.74) is 1.43. The van der Waals surface area contributed by atoms with Gasteiger partial charge < -0.3 is 0 Å². The highest BCUT2D eigenvalue weighted by Crippen LogP contribution is 2.52. The molecule has 18 heavy (non-hydrogen) atoms. The monoisotopic (exact) mass is 270 g/mol. The Kier molecular flexibility index (Phi) is 1.99. The molecule has 7 nitrogen and oxygen atoms in total. The van der Waals surface area contributed by atoms with Crippen LogP contribution in [0.25, 0.3) is 0 Å². The Hall–Kier alpha value is -1.03. The van der Waals surface area contributed by atoms with Crippen molar-refractivity contribution >= 4 is 10.1 Å². The summed E-state index contributed by atoms with van der Waals surface area (Å²) in [6.45, 7) is 0. The lowest BCUT2D eigenvalue weighted by molar-refractivity contribution is -0.677. The number of hydrogen-bond donors (Lipinski definition) is 1. The summed E-state index contributed by atoms with van der Waals surface area (Å²) in [6, 6.07) is 6.78. The zero-order valence-electron chi connectivity index (χ0n) is 9.13. The van der Waals surface area contributed by atoms with Gasteiger partial charge in [0.25, 0.3) is 10.1 Å². The molecule has 3 atom stereocenters. The van der Waals surface area contributed by atoms with Gasteiger partial charge in [0.05, 0.1) is 6.04 Å². The van der Waals surface area contributed by atoms with Gasteiger partial charge in [-0.3, -0.25) is 4.55 Å². The normalized spacial score (nSPS) is 40.8. The van der Waals surface area contributed by atoms with Gasteiger partial charge in [0.2, 0.25) is 0 Å². The molecule has 0 spiro atoms. The van der Waals surface area contributed by atoms with E-state index in [-0.39, 0.29) is 18.5 Å². The van der Waals surface area contributed by atoms with Crippen LogP contribution in [0.15, 0.2) is 24.3 Å². The molecule has 2 bridgehead atoms. The summed E-state index contributed by atoms with van der Waals surface area (Å²) in [5.74, 6) is 0. The van der Waals surface area contributed by atoms with E-state index in [4.69, 9.17) is 9.88 Å². The molecule has 0 aromatic heterocycles. The van der Waals surface area contributed by atoms with E-state index in [1.54, 1.807) is 12.1 Å². The lowest BCUT2D eigenvalue weighted by Gasteiger charge is -2.28. The van der Waals surface area contributed by atoms with E-state index >= 15 is 0 Å². The van der Waals surface area contributed by atoms with Crippen molar-refractivity contribution in [3.8, 4) is 0 Å². The Labute approximate surface area is 103 Å². The predicted octanol–water partition coefficient (Wildman–Crippen LogP) is 0.753. The van der Waals surface area contributed by atoms with Gasteiger partial charge in [-0.05, 0) is 28.0 Å². The Bertz CT molecular complexity index is 612. The van der Waals surface area contributed by atoms with E-state index in [9.17, 15) is 13.0 Å². The standard InChI is InChI=1S/C10H10N2O5S/c13-18(14,15)9-5-8-10(12-16-11(8)17-12)7-4-2-1-3-6(7)9/h1-4,8-10H,5H2,(H,13,14,15). The van der Waals surface area contributed by atoms with Crippen LogP contribution in [-0.2, 0) is 20.0 Å². The van der Waals surface area contributed by atoms with E-state index in [1.165, 1.54) is 10.5 Å². The zero-order chi connectivity index (χ0) is 12.5. The Balaban J connectivity index is 1.90. The van der Waals surface area contributed by atoms with Crippen molar-refractivity contribution in [3.05, 3.63) is 35.4 Å². The van der Waals surface area contributed by atoms with Crippen LogP contribution >= 0.6 is 0 Å². The number of rotatable bonds is 1. The third kappa shape index (κ3) is 1.27. The second kappa shape index (κ2) is 3.29. The summed E-state index contributed by atoms with van der Waals surface area (Å²) in [4.78, 5) is 10.4. The van der Waals surface area contributed by atoms with Crippen molar-refractivity contribution in [2.45, 2.75) is 23.8 Å². The average Bonchev–Trinajstić information content (AvgIpc) is 2.79. The maximum atomic E-state index is 11.5. The highest BCUT2D eigenvalue weighted by molar-refractivity contribution is 7.86. The molecule has 8 heteroatoms. The molecule has 3 saturated heterocycles. The quantitative estimate of drug-likeness (QED) is 0.754. The van der Waals surface area contributed by atoms with Crippen LogP contribution in [0.2, 0.25) is 0 Å². The van der Waals surface area contributed by atoms with Gasteiger partial charge in [-0.1, -0.05) is 24.3 Å². The van der Waals surface area contributed by atoms with E-state index in [1.807, 2.05) is 12.1 Å². The maximum Gasteiger partial charge on any atom is 0.272 e. The first-order valence-electron chi connectivity index (χ1n) is 5.55. The van der Waals surface area contributed by atoms with Crippen LogP contribution in [0, 0.1) is 0 Å². The van der Waals surface area contributed by atoms with Crippen molar-refractivity contribution in [3.63, 3.8) is 0 Å². The lowest BCUT2D eigenvalue weighted by atomic mass is 9.85. The van der Waals surface area contributed by atoms with Crippen LogP contribution in [-0.4, -0.2) is 29.5 Å². The fraction of sp³-hybridized carbons (Fsp3) is 0.400. The molecule has 0 radical (unpaired) electrons. The van der Waals surface area contributed by atoms with Gasteiger partial charge in [0, 0.05) is 0 Å². The SMILES string of the molecule is O=S(=O)(O)C1CC2C(c3ccccc31)N1ON2O1. The fourth-order valence-electron chi connectivity index (χ4n) is 2.88. The average molecular weight is 270 g/mol. The van der Waals surface area contributed by atoms with Crippen molar-refractivity contribution in [2.24, 2.45) is 0 Å². The molecular weight excluding hydrogens is 260 g/mol. The van der Waals surface area contributed by atoms with E-state index < -0.39 is 15.4 Å². The molecule has 3 heterocycles. The van der Waals surface area contributed by atoms with E-state index in [2.05, 4.69) is 0 Å². The minimum atomic E-state index is -4.14. The highest BCUT2D eigenvalue weighted by Gasteiger charge is 2.59. The maximum absolute atomic E-state index is 11.5. The zero-order valence-corrected chi connectivity index (χ0v) is 9.95. The first kappa shape index (κ1) is 10.9. The van der Waals surface area contributed by atoms with Crippen LogP contribution in [0.3, 0.4) is 0 Å². The molecule has 0 saturated carbocycles. The number of hydrogen-bond acceptors (Lipinski definition) is 6. The van der Waals surface area contributed by atoms with Gasteiger partial charge >= 0.3 is 0 Å². The molecule has 0 amide bonds. The Morgan fingerprint density at radius 1 is 1.17 bits per heavy atom. The second-order valence-corrected chi connectivity index (χ2v) is 6.21. The van der Waals surface area contributed by atoms with E-state index in [0.717, 1.165) is 5.56 Å². The topological polar surface area (TPSA) is 79.3 Å². The van der Waals surface area contributed by atoms with Crippen molar-refractivity contribution in [2.75, 3.05) is 0 Å². The van der Waals surface area contributed by atoms with Gasteiger partial charge in [-0.25, -0.2) is 0 Å². The molecule has 3 aliphatic heterocycles. The number of hydroxylamine groups is 4. The van der Waals surface area contributed by atoms with Gasteiger partial charge in [0.15, 0.2) is 0 Å². The third-order valence-electron chi connectivity index (χ3n) is 3.66. The first-order valence-corrected chi connectivity index (χ1v) is 7.06. The van der Waals surface area contributed by atoms with E-state index in [0.29, 0.717) is 5.56 Å². The second-order valence-electron chi connectivity index (χ2n) is 4.61. The van der Waals surface area contributed by atoms with Crippen LogP contribution < -0.4 is 0 Å². The first-order chi connectivity index (χ1) is 8.55. The van der Waals surface area contributed by atoms with Crippen LogP contribution in [0.1, 0.15) is 28.8 Å². The Morgan fingerprint density at radius 3 is 2.50 bits per heavy atom. The summed E-state index contributed by atoms with van der Waals surface area (Å²) >= 11 is 0. The van der Waals surface area contributed by atoms with Gasteiger partial charge in [-0.15, -0.1) is 0 Å². The molecule has 96 valence electrons. The van der Waals surface area contributed by atoms with Crippen molar-refractivity contribution in [1.29, 1.82) is 0 Å². The van der Waals surface area contributed by atoms with Gasteiger partial charge in [0.1, 0.15) is 11.3 Å². The summed E-state index contributed by atoms with van der Waals surface area (Å²) in [5, 5.41) is 1.70. The highest BCUT2D eigenvalue weighted by atomic mass is 32.2. The molecule has 1 N–H and O–H groups in total. The number of fused-ring (bicyclic) bond motifs is 1. The third-order valence-corrected chi connectivity index (χ3v) is 4.83. The molecule has 4 aliphatic rings. The summed E-state index contributed by atoms with van der Waals surface area (Å²) in [6.07, 6.45) is 0.247. The molecule has 1 aromatic rings. The minimum Gasteiger partial charge on any atom is -0.285 e. The van der Waals surface area contributed by atoms with Crippen LogP contribution in [0.5, 0.6) is 0 Å². The molecule has 1 aliphatic carbocycles. The predicted molar refractivity (Wildman–Crippen MR) is 57.7 cm³/mol. The largest absolute Gasteiger partial charge is 0.285 e. The fourth-order valence-corrected chi connectivity index (χ4v) is 3.86. The Morgan fingerprint density at radius 2 is 1.83 bits per heavy atom. The smallest absolute Gasteiger partial charge is 0.272 e. The lowest BCUT2D eigenvalue weighted by Crippen LogP contribution is -2.40. The number of benzene rings is 1. The minimum absolute atomic E-state index is 0.140. The van der Waals surface area contributed by atoms with Crippen LogP contribution in [0.4, 0.5) is 0 Å². The molecular formula is C10H10N2O5S. The number of nitrogens with zero attached hydrogens (tertiary/aromatic N) is 2. The summed E-state index contributed by atoms with van der Waals surface area (Å²) in [7, 11) is -4.14.